The van der Waals surface area contributed by atoms with Gasteiger partial charge in [0.2, 0.25) is 0 Å². The Morgan fingerprint density at radius 2 is 2.06 bits per heavy atom. The van der Waals surface area contributed by atoms with Crippen LogP contribution >= 0.6 is 27.5 Å². The van der Waals surface area contributed by atoms with Crippen LogP contribution in [-0.4, -0.2) is 4.98 Å². The number of hydrogen-bond acceptors (Lipinski definition) is 2. The molecule has 17 heavy (non-hydrogen) atoms. The molecule has 2 nitrogen and oxygen atoms in total. The molecule has 2 aromatic rings. The SMILES string of the molecule is Cc1ccc(C(N)c2cccc(Br)c2Cl)cn1. The van der Waals surface area contributed by atoms with Crippen LogP contribution in [0.1, 0.15) is 22.9 Å². The third kappa shape index (κ3) is 2.68. The van der Waals surface area contributed by atoms with Crippen molar-refractivity contribution in [2.75, 3.05) is 0 Å². The molecule has 88 valence electrons. The average Bonchev–Trinajstić information content (AvgIpc) is 2.33. The molecule has 1 heterocycles. The molecule has 0 amide bonds. The molecule has 0 aliphatic heterocycles. The third-order valence-corrected chi connectivity index (χ3v) is 3.92. The molecule has 1 aromatic carbocycles. The molecule has 1 atom stereocenters. The predicted octanol–water partition coefficient (Wildman–Crippen LogP) is 3.85. The van der Waals surface area contributed by atoms with E-state index in [1.54, 1.807) is 6.20 Å². The Labute approximate surface area is 114 Å². The molecule has 2 rings (SSSR count). The number of halogens is 2. The predicted molar refractivity (Wildman–Crippen MR) is 74.2 cm³/mol. The molecule has 0 saturated heterocycles. The van der Waals surface area contributed by atoms with E-state index in [1.807, 2.05) is 37.3 Å². The zero-order valence-electron chi connectivity index (χ0n) is 9.32. The summed E-state index contributed by atoms with van der Waals surface area (Å²) >= 11 is 9.62. The number of aryl methyl sites for hydroxylation is 1. The van der Waals surface area contributed by atoms with Crippen molar-refractivity contribution in [3.05, 3.63) is 62.8 Å². The molecule has 0 fully saturated rings. The van der Waals surface area contributed by atoms with Crippen LogP contribution in [-0.2, 0) is 0 Å². The van der Waals surface area contributed by atoms with Crippen LogP contribution < -0.4 is 5.73 Å². The first-order valence-electron chi connectivity index (χ1n) is 5.21. The number of aromatic nitrogens is 1. The first-order valence-corrected chi connectivity index (χ1v) is 6.38. The van der Waals surface area contributed by atoms with Crippen LogP contribution in [0.25, 0.3) is 0 Å². The van der Waals surface area contributed by atoms with Crippen molar-refractivity contribution >= 4 is 27.5 Å². The topological polar surface area (TPSA) is 38.9 Å². The van der Waals surface area contributed by atoms with Crippen molar-refractivity contribution in [3.63, 3.8) is 0 Å². The molecule has 1 aromatic heterocycles. The number of nitrogens with two attached hydrogens (primary N) is 1. The Morgan fingerprint density at radius 1 is 1.29 bits per heavy atom. The summed E-state index contributed by atoms with van der Waals surface area (Å²) in [5.41, 5.74) is 9.01. The van der Waals surface area contributed by atoms with Crippen molar-refractivity contribution in [3.8, 4) is 0 Å². The molecular formula is C13H12BrClN2. The molecular weight excluding hydrogens is 300 g/mol. The number of rotatable bonds is 2. The van der Waals surface area contributed by atoms with Gasteiger partial charge in [-0.3, -0.25) is 4.98 Å². The fourth-order valence-corrected chi connectivity index (χ4v) is 2.23. The Balaban J connectivity index is 2.40. The minimum absolute atomic E-state index is 0.256. The molecule has 0 aliphatic carbocycles. The van der Waals surface area contributed by atoms with Gasteiger partial charge >= 0.3 is 0 Å². The van der Waals surface area contributed by atoms with E-state index in [9.17, 15) is 0 Å². The van der Waals surface area contributed by atoms with Gasteiger partial charge in [0.1, 0.15) is 0 Å². The average molecular weight is 312 g/mol. The summed E-state index contributed by atoms with van der Waals surface area (Å²) in [7, 11) is 0. The highest BCUT2D eigenvalue weighted by molar-refractivity contribution is 9.10. The second-order valence-corrected chi connectivity index (χ2v) is 5.09. The van der Waals surface area contributed by atoms with E-state index in [1.165, 1.54) is 0 Å². The van der Waals surface area contributed by atoms with Gasteiger partial charge in [-0.1, -0.05) is 29.8 Å². The van der Waals surface area contributed by atoms with Gasteiger partial charge < -0.3 is 5.73 Å². The fourth-order valence-electron chi connectivity index (χ4n) is 1.60. The minimum Gasteiger partial charge on any atom is -0.320 e. The normalized spacial score (nSPS) is 12.5. The van der Waals surface area contributed by atoms with Crippen LogP contribution in [0.3, 0.4) is 0 Å². The molecule has 0 spiro atoms. The lowest BCUT2D eigenvalue weighted by Crippen LogP contribution is -2.12. The van der Waals surface area contributed by atoms with Gasteiger partial charge in [0.25, 0.3) is 0 Å². The van der Waals surface area contributed by atoms with Gasteiger partial charge in [-0.2, -0.15) is 0 Å². The maximum absolute atomic E-state index is 6.22. The summed E-state index contributed by atoms with van der Waals surface area (Å²) in [5.74, 6) is 0. The highest BCUT2D eigenvalue weighted by Crippen LogP contribution is 2.31. The lowest BCUT2D eigenvalue weighted by Gasteiger charge is -2.14. The van der Waals surface area contributed by atoms with Crippen LogP contribution in [0.4, 0.5) is 0 Å². The number of pyridine rings is 1. The van der Waals surface area contributed by atoms with E-state index in [0.717, 1.165) is 21.3 Å². The summed E-state index contributed by atoms with van der Waals surface area (Å²) in [6.45, 7) is 1.95. The minimum atomic E-state index is -0.256. The van der Waals surface area contributed by atoms with E-state index in [-0.39, 0.29) is 6.04 Å². The van der Waals surface area contributed by atoms with Gasteiger partial charge in [-0.15, -0.1) is 0 Å². The Hall–Kier alpha value is -0.900. The van der Waals surface area contributed by atoms with Crippen molar-refractivity contribution in [2.24, 2.45) is 5.73 Å². The van der Waals surface area contributed by atoms with Crippen molar-refractivity contribution in [1.82, 2.24) is 4.98 Å². The van der Waals surface area contributed by atoms with Crippen molar-refractivity contribution < 1.29 is 0 Å². The van der Waals surface area contributed by atoms with Crippen LogP contribution in [0.15, 0.2) is 41.0 Å². The smallest absolute Gasteiger partial charge is 0.0599 e. The summed E-state index contributed by atoms with van der Waals surface area (Å²) in [6, 6.07) is 9.41. The fraction of sp³-hybridized carbons (Fsp3) is 0.154. The van der Waals surface area contributed by atoms with E-state index >= 15 is 0 Å². The highest BCUT2D eigenvalue weighted by Gasteiger charge is 2.14. The maximum atomic E-state index is 6.22. The number of hydrogen-bond donors (Lipinski definition) is 1. The zero-order valence-corrected chi connectivity index (χ0v) is 11.7. The monoisotopic (exact) mass is 310 g/mol. The van der Waals surface area contributed by atoms with Gasteiger partial charge in [-0.25, -0.2) is 0 Å². The highest BCUT2D eigenvalue weighted by atomic mass is 79.9. The summed E-state index contributed by atoms with van der Waals surface area (Å²) in [6.07, 6.45) is 1.79. The second kappa shape index (κ2) is 5.17. The summed E-state index contributed by atoms with van der Waals surface area (Å²) < 4.78 is 0.854. The molecule has 2 N–H and O–H groups in total. The Kier molecular flexibility index (Phi) is 3.82. The number of benzene rings is 1. The first-order chi connectivity index (χ1) is 8.09. The van der Waals surface area contributed by atoms with Gasteiger partial charge in [0.05, 0.1) is 11.1 Å². The van der Waals surface area contributed by atoms with Crippen LogP contribution in [0.2, 0.25) is 5.02 Å². The van der Waals surface area contributed by atoms with E-state index in [4.69, 9.17) is 17.3 Å². The Morgan fingerprint density at radius 3 is 2.71 bits per heavy atom. The quantitative estimate of drug-likeness (QED) is 0.915. The molecule has 0 saturated carbocycles. The van der Waals surface area contributed by atoms with E-state index in [0.29, 0.717) is 5.02 Å². The van der Waals surface area contributed by atoms with Gasteiger partial charge in [0, 0.05) is 16.4 Å². The van der Waals surface area contributed by atoms with Crippen LogP contribution in [0, 0.1) is 6.92 Å². The first kappa shape index (κ1) is 12.6. The van der Waals surface area contributed by atoms with E-state index < -0.39 is 0 Å². The number of nitrogens with zero attached hydrogens (tertiary/aromatic N) is 1. The standard InChI is InChI=1S/C13H12BrClN2/c1-8-5-6-9(7-17-8)13(16)10-3-2-4-11(14)12(10)15/h2-7,13H,16H2,1H3. The van der Waals surface area contributed by atoms with Crippen molar-refractivity contribution in [2.45, 2.75) is 13.0 Å². The lowest BCUT2D eigenvalue weighted by atomic mass is 10.0. The second-order valence-electron chi connectivity index (χ2n) is 3.85. The Bertz CT molecular complexity index is 525. The van der Waals surface area contributed by atoms with Crippen LogP contribution in [0.5, 0.6) is 0 Å². The van der Waals surface area contributed by atoms with Crippen molar-refractivity contribution in [1.29, 1.82) is 0 Å². The summed E-state index contributed by atoms with van der Waals surface area (Å²) in [5, 5.41) is 0.653. The summed E-state index contributed by atoms with van der Waals surface area (Å²) in [4.78, 5) is 4.24. The molecule has 0 bridgehead atoms. The molecule has 4 heteroatoms. The van der Waals surface area contributed by atoms with E-state index in [2.05, 4.69) is 20.9 Å². The van der Waals surface area contributed by atoms with Gasteiger partial charge in [-0.05, 0) is 46.1 Å². The molecule has 0 aliphatic rings. The largest absolute Gasteiger partial charge is 0.320 e. The molecule has 1 unspecified atom stereocenters. The third-order valence-electron chi connectivity index (χ3n) is 2.61. The zero-order chi connectivity index (χ0) is 12.4. The van der Waals surface area contributed by atoms with Gasteiger partial charge in [0.15, 0.2) is 0 Å². The molecule has 0 radical (unpaired) electrons. The lowest BCUT2D eigenvalue weighted by molar-refractivity contribution is 0.860. The maximum Gasteiger partial charge on any atom is 0.0599 e.